The Morgan fingerprint density at radius 2 is 1.55 bits per heavy atom. The lowest BCUT2D eigenvalue weighted by atomic mass is 10.0. The first-order chi connectivity index (χ1) is 17.8. The maximum absolute atomic E-state index is 13.2. The van der Waals surface area contributed by atoms with Crippen molar-refractivity contribution in [2.75, 3.05) is 6.54 Å². The Morgan fingerprint density at radius 3 is 2.08 bits per heavy atom. The molecule has 0 unspecified atom stereocenters. The van der Waals surface area contributed by atoms with E-state index in [0.717, 1.165) is 0 Å². The van der Waals surface area contributed by atoms with Gasteiger partial charge in [0.25, 0.3) is 0 Å². The number of aromatic hydroxyl groups is 1. The van der Waals surface area contributed by atoms with Crippen LogP contribution in [0.5, 0.6) is 5.75 Å². The summed E-state index contributed by atoms with van der Waals surface area (Å²) in [6.45, 7) is 1.45. The van der Waals surface area contributed by atoms with Crippen LogP contribution in [0.15, 0.2) is 29.3 Å². The van der Waals surface area contributed by atoms with Crippen LogP contribution in [0.4, 0.5) is 0 Å². The number of carbonyl (C=O) groups is 5. The summed E-state index contributed by atoms with van der Waals surface area (Å²) in [5.74, 6) is -3.35. The molecule has 210 valence electrons. The minimum Gasteiger partial charge on any atom is -0.508 e. The summed E-state index contributed by atoms with van der Waals surface area (Å²) in [7, 11) is 0. The van der Waals surface area contributed by atoms with Gasteiger partial charge in [-0.2, -0.15) is 0 Å². The number of hydrogen-bond acceptors (Lipinski definition) is 9. The van der Waals surface area contributed by atoms with Crippen molar-refractivity contribution in [3.05, 3.63) is 29.8 Å². The van der Waals surface area contributed by atoms with E-state index in [9.17, 15) is 34.2 Å². The molecule has 15 heteroatoms. The quantitative estimate of drug-likeness (QED) is 0.0430. The van der Waals surface area contributed by atoms with E-state index < -0.39 is 60.3 Å². The van der Waals surface area contributed by atoms with Gasteiger partial charge in [-0.1, -0.05) is 12.1 Å². The molecule has 13 N–H and O–H groups in total. The molecular weight excluding hydrogens is 500 g/mol. The van der Waals surface area contributed by atoms with Crippen LogP contribution in [0.3, 0.4) is 0 Å². The molecule has 1 aromatic rings. The Balaban J connectivity index is 3.15. The standard InChI is InChI=1S/C23H36N8O7/c1-12(33)18(11-32)31-22(38)17(9-13-4-6-14(34)7-5-13)30-21(37)16(3-2-8-28-23(26)27)29-20(36)15(24)10-19(25)35/h4-7,11-12,15-18,33-34H,2-3,8-10,24H2,1H3,(H2,25,35)(H,29,36)(H,30,37)(H,31,38)(H4,26,27,28)/t12-,15+,16+,17+,18-/m1/s1. The highest BCUT2D eigenvalue weighted by Crippen LogP contribution is 2.12. The zero-order valence-electron chi connectivity index (χ0n) is 21.0. The zero-order chi connectivity index (χ0) is 28.8. The number of guanidine groups is 1. The summed E-state index contributed by atoms with van der Waals surface area (Å²) in [5.41, 5.74) is 21.9. The third-order valence-electron chi connectivity index (χ3n) is 5.32. The van der Waals surface area contributed by atoms with Gasteiger partial charge in [-0.15, -0.1) is 0 Å². The number of nitrogens with one attached hydrogen (secondary N) is 3. The number of aldehydes is 1. The van der Waals surface area contributed by atoms with Crippen LogP contribution >= 0.6 is 0 Å². The first kappa shape index (κ1) is 31.8. The SMILES string of the molecule is C[C@@H](O)[C@@H](C=O)NC(=O)[C@H](Cc1ccc(O)cc1)NC(=O)[C@H](CCCN=C(N)N)NC(=O)[C@@H](N)CC(N)=O. The molecule has 0 aliphatic rings. The summed E-state index contributed by atoms with van der Waals surface area (Å²) in [6.07, 6.45) is -1.06. The van der Waals surface area contributed by atoms with Crippen LogP contribution in [0.1, 0.15) is 31.7 Å². The maximum Gasteiger partial charge on any atom is 0.243 e. The molecule has 0 heterocycles. The van der Waals surface area contributed by atoms with Crippen LogP contribution in [0.25, 0.3) is 0 Å². The van der Waals surface area contributed by atoms with Crippen molar-refractivity contribution in [3.8, 4) is 5.75 Å². The predicted octanol–water partition coefficient (Wildman–Crippen LogP) is -3.77. The normalized spacial score (nSPS) is 14.6. The number of phenolic OH excluding ortho intramolecular Hbond substituents is 1. The molecule has 1 aromatic carbocycles. The number of rotatable bonds is 16. The Labute approximate surface area is 219 Å². The average Bonchev–Trinajstić information content (AvgIpc) is 2.84. The first-order valence-electron chi connectivity index (χ1n) is 11.8. The van der Waals surface area contributed by atoms with Crippen molar-refractivity contribution in [1.82, 2.24) is 16.0 Å². The lowest BCUT2D eigenvalue weighted by Crippen LogP contribution is -2.58. The van der Waals surface area contributed by atoms with Gasteiger partial charge in [0.15, 0.2) is 5.96 Å². The fraction of sp³-hybridized carbons (Fsp3) is 0.478. The highest BCUT2D eigenvalue weighted by Gasteiger charge is 2.30. The van der Waals surface area contributed by atoms with Crippen LogP contribution in [0.2, 0.25) is 0 Å². The molecule has 0 spiro atoms. The number of aliphatic hydroxyl groups is 1. The Morgan fingerprint density at radius 1 is 0.974 bits per heavy atom. The fourth-order valence-corrected chi connectivity index (χ4v) is 3.24. The molecule has 0 saturated carbocycles. The second-order valence-electron chi connectivity index (χ2n) is 8.63. The number of primary amides is 1. The Hall–Kier alpha value is -4.24. The highest BCUT2D eigenvalue weighted by molar-refractivity contribution is 5.94. The lowest BCUT2D eigenvalue weighted by Gasteiger charge is -2.25. The summed E-state index contributed by atoms with van der Waals surface area (Å²) < 4.78 is 0. The van der Waals surface area contributed by atoms with Crippen molar-refractivity contribution in [1.29, 1.82) is 0 Å². The molecule has 1 rings (SSSR count). The highest BCUT2D eigenvalue weighted by atomic mass is 16.3. The molecule has 0 aliphatic heterocycles. The van der Waals surface area contributed by atoms with Crippen molar-refractivity contribution >= 4 is 35.9 Å². The van der Waals surface area contributed by atoms with Crippen LogP contribution in [-0.2, 0) is 30.4 Å². The van der Waals surface area contributed by atoms with Crippen LogP contribution in [-0.4, -0.2) is 82.9 Å². The van der Waals surface area contributed by atoms with Crippen molar-refractivity contribution in [3.63, 3.8) is 0 Å². The number of aliphatic hydroxyl groups excluding tert-OH is 1. The monoisotopic (exact) mass is 536 g/mol. The van der Waals surface area contributed by atoms with Crippen molar-refractivity contribution in [2.24, 2.45) is 27.9 Å². The van der Waals surface area contributed by atoms with E-state index in [4.69, 9.17) is 22.9 Å². The van der Waals surface area contributed by atoms with Gasteiger partial charge in [0.05, 0.1) is 18.6 Å². The largest absolute Gasteiger partial charge is 0.508 e. The molecule has 4 amide bonds. The number of benzene rings is 1. The third kappa shape index (κ3) is 11.7. The van der Waals surface area contributed by atoms with E-state index in [1.54, 1.807) is 0 Å². The molecule has 38 heavy (non-hydrogen) atoms. The Kier molecular flexibility index (Phi) is 13.2. The summed E-state index contributed by atoms with van der Waals surface area (Å²) in [4.78, 5) is 64.9. The van der Waals surface area contributed by atoms with E-state index >= 15 is 0 Å². The maximum atomic E-state index is 13.2. The van der Waals surface area contributed by atoms with E-state index in [2.05, 4.69) is 20.9 Å². The fourth-order valence-electron chi connectivity index (χ4n) is 3.24. The van der Waals surface area contributed by atoms with Gasteiger partial charge >= 0.3 is 0 Å². The number of nitrogens with two attached hydrogens (primary N) is 4. The van der Waals surface area contributed by atoms with Crippen LogP contribution in [0, 0.1) is 0 Å². The Bertz CT molecular complexity index is 996. The number of aliphatic imine (C=N–C) groups is 1. The minimum absolute atomic E-state index is 0.00948. The summed E-state index contributed by atoms with van der Waals surface area (Å²) in [6, 6.07) is 0.857. The number of carbonyl (C=O) groups excluding carboxylic acids is 5. The number of hydrogen-bond donors (Lipinski definition) is 9. The second-order valence-corrected chi connectivity index (χ2v) is 8.63. The van der Waals surface area contributed by atoms with Gasteiger partial charge in [0.1, 0.15) is 30.2 Å². The second kappa shape index (κ2) is 15.8. The molecule has 0 aromatic heterocycles. The predicted molar refractivity (Wildman–Crippen MR) is 137 cm³/mol. The van der Waals surface area contributed by atoms with Crippen molar-refractivity contribution < 1.29 is 34.2 Å². The van der Waals surface area contributed by atoms with E-state index in [1.165, 1.54) is 31.2 Å². The molecule has 0 fully saturated rings. The molecule has 0 aliphatic carbocycles. The number of nitrogens with zero attached hydrogens (tertiary/aromatic N) is 1. The van der Waals surface area contributed by atoms with Gasteiger partial charge < -0.3 is 53.9 Å². The molecule has 0 radical (unpaired) electrons. The van der Waals surface area contributed by atoms with Crippen LogP contribution < -0.4 is 38.9 Å². The summed E-state index contributed by atoms with van der Waals surface area (Å²) in [5, 5.41) is 26.6. The molecule has 15 nitrogen and oxygen atoms in total. The number of amides is 4. The van der Waals surface area contributed by atoms with Gasteiger partial charge in [-0.05, 0) is 37.5 Å². The van der Waals surface area contributed by atoms with E-state index in [-0.39, 0.29) is 37.5 Å². The lowest BCUT2D eigenvalue weighted by molar-refractivity contribution is -0.133. The first-order valence-corrected chi connectivity index (χ1v) is 11.8. The van der Waals surface area contributed by atoms with Gasteiger partial charge in [0.2, 0.25) is 23.6 Å². The molecule has 5 atom stereocenters. The van der Waals surface area contributed by atoms with E-state index in [1.807, 2.05) is 0 Å². The molecular formula is C23H36N8O7. The van der Waals surface area contributed by atoms with Gasteiger partial charge in [-0.25, -0.2) is 0 Å². The van der Waals surface area contributed by atoms with Crippen molar-refractivity contribution in [2.45, 2.75) is 62.9 Å². The van der Waals surface area contributed by atoms with Gasteiger partial charge in [0, 0.05) is 13.0 Å². The van der Waals surface area contributed by atoms with E-state index in [0.29, 0.717) is 11.8 Å². The third-order valence-corrected chi connectivity index (χ3v) is 5.32. The zero-order valence-corrected chi connectivity index (χ0v) is 21.0. The molecule has 0 bridgehead atoms. The minimum atomic E-state index is -1.31. The molecule has 0 saturated heterocycles. The average molecular weight is 537 g/mol. The topological polar surface area (TPSA) is 278 Å². The smallest absolute Gasteiger partial charge is 0.243 e. The van der Waals surface area contributed by atoms with Gasteiger partial charge in [-0.3, -0.25) is 24.2 Å². The number of phenols is 1. The summed E-state index contributed by atoms with van der Waals surface area (Å²) >= 11 is 0.